The summed E-state index contributed by atoms with van der Waals surface area (Å²) in [5.41, 5.74) is 1.06. The summed E-state index contributed by atoms with van der Waals surface area (Å²) in [5.74, 6) is 2.09. The predicted octanol–water partition coefficient (Wildman–Crippen LogP) is 3.18. The molecule has 5 nitrogen and oxygen atoms in total. The van der Waals surface area contributed by atoms with Crippen molar-refractivity contribution in [2.24, 2.45) is 0 Å². The van der Waals surface area contributed by atoms with E-state index in [-0.39, 0.29) is 6.10 Å². The highest BCUT2D eigenvalue weighted by molar-refractivity contribution is 5.66. The summed E-state index contributed by atoms with van der Waals surface area (Å²) in [5, 5.41) is 7.11. The molecule has 1 aromatic carbocycles. The van der Waals surface area contributed by atoms with Crippen LogP contribution in [-0.4, -0.2) is 29.3 Å². The molecule has 0 aliphatic heterocycles. The number of likely N-dealkylation sites (N-methyl/N-ethyl adjacent to an activating group) is 1. The van der Waals surface area contributed by atoms with Crippen LogP contribution in [0.1, 0.15) is 38.0 Å². The summed E-state index contributed by atoms with van der Waals surface area (Å²) in [6.45, 7) is 6.10. The number of ether oxygens (including phenoxy) is 1. The zero-order chi connectivity index (χ0) is 15.9. The Labute approximate surface area is 131 Å². The predicted molar refractivity (Wildman–Crippen MR) is 87.7 cm³/mol. The van der Waals surface area contributed by atoms with Crippen molar-refractivity contribution in [1.82, 2.24) is 15.5 Å². The van der Waals surface area contributed by atoms with E-state index < -0.39 is 0 Å². The maximum atomic E-state index is 5.61. The molecule has 0 saturated heterocycles. The molecule has 2 aromatic rings. The molecule has 118 valence electrons. The maximum Gasteiger partial charge on any atom is 0.250 e. The topological polar surface area (TPSA) is 60.2 Å². The first kappa shape index (κ1) is 16.2. The molecule has 5 heteroatoms. The molecule has 0 aliphatic rings. The van der Waals surface area contributed by atoms with Gasteiger partial charge in [0.2, 0.25) is 0 Å². The highest BCUT2D eigenvalue weighted by atomic mass is 16.5. The summed E-state index contributed by atoms with van der Waals surface area (Å²) in [4.78, 5) is 4.34. The smallest absolute Gasteiger partial charge is 0.250 e. The molecule has 2 rings (SSSR count). The summed E-state index contributed by atoms with van der Waals surface area (Å²) in [6, 6.07) is 8.22. The van der Waals surface area contributed by atoms with Crippen LogP contribution in [0.4, 0.5) is 0 Å². The molecule has 0 aliphatic carbocycles. The van der Waals surface area contributed by atoms with Crippen molar-refractivity contribution >= 4 is 12.2 Å². The van der Waals surface area contributed by atoms with Gasteiger partial charge in [0, 0.05) is 18.5 Å². The molecule has 22 heavy (non-hydrogen) atoms. The summed E-state index contributed by atoms with van der Waals surface area (Å²) >= 11 is 0. The van der Waals surface area contributed by atoms with E-state index in [0.29, 0.717) is 17.8 Å². The van der Waals surface area contributed by atoms with Gasteiger partial charge in [-0.3, -0.25) is 0 Å². The minimum atomic E-state index is 0.179. The van der Waals surface area contributed by atoms with Crippen molar-refractivity contribution in [3.05, 3.63) is 41.5 Å². The molecule has 0 spiro atoms. The van der Waals surface area contributed by atoms with Crippen molar-refractivity contribution in [2.75, 3.05) is 7.05 Å². The molecule has 1 aromatic heterocycles. The van der Waals surface area contributed by atoms with E-state index in [9.17, 15) is 0 Å². The maximum absolute atomic E-state index is 5.61. The van der Waals surface area contributed by atoms with Gasteiger partial charge in [-0.1, -0.05) is 17.3 Å². The Morgan fingerprint density at radius 3 is 2.55 bits per heavy atom. The van der Waals surface area contributed by atoms with E-state index in [4.69, 9.17) is 9.26 Å². The van der Waals surface area contributed by atoms with E-state index >= 15 is 0 Å². The fraction of sp³-hybridized carbons (Fsp3) is 0.412. The van der Waals surface area contributed by atoms with Crippen molar-refractivity contribution < 1.29 is 9.26 Å². The third-order valence-corrected chi connectivity index (χ3v) is 3.14. The SMILES string of the molecule is CNC(C)Cc1noc(/C=C/c2ccc(OC(C)C)cc2)n1. The minimum absolute atomic E-state index is 0.179. The van der Waals surface area contributed by atoms with Gasteiger partial charge in [-0.2, -0.15) is 4.98 Å². The lowest BCUT2D eigenvalue weighted by atomic mass is 10.2. The number of nitrogens with zero attached hydrogens (tertiary/aromatic N) is 2. The Bertz CT molecular complexity index is 603. The fourth-order valence-electron chi connectivity index (χ4n) is 1.89. The largest absolute Gasteiger partial charge is 0.491 e. The quantitative estimate of drug-likeness (QED) is 0.851. The van der Waals surface area contributed by atoms with Crippen LogP contribution in [0.25, 0.3) is 12.2 Å². The van der Waals surface area contributed by atoms with Crippen LogP contribution in [0.3, 0.4) is 0 Å². The normalized spacial score (nSPS) is 13.0. The number of rotatable bonds is 7. The van der Waals surface area contributed by atoms with Crippen LogP contribution >= 0.6 is 0 Å². The molecular formula is C17H23N3O2. The van der Waals surface area contributed by atoms with Gasteiger partial charge in [-0.25, -0.2) is 0 Å². The van der Waals surface area contributed by atoms with Gasteiger partial charge in [0.15, 0.2) is 5.82 Å². The van der Waals surface area contributed by atoms with Crippen molar-refractivity contribution in [1.29, 1.82) is 0 Å². The molecule has 0 fully saturated rings. The second-order valence-electron chi connectivity index (χ2n) is 5.51. The van der Waals surface area contributed by atoms with Crippen LogP contribution < -0.4 is 10.1 Å². The average molecular weight is 301 g/mol. The summed E-state index contributed by atoms with van der Waals surface area (Å²) < 4.78 is 10.8. The van der Waals surface area contributed by atoms with Crippen LogP contribution in [0.5, 0.6) is 5.75 Å². The van der Waals surface area contributed by atoms with Gasteiger partial charge in [0.05, 0.1) is 6.10 Å². The lowest BCUT2D eigenvalue weighted by Crippen LogP contribution is -2.24. The van der Waals surface area contributed by atoms with Gasteiger partial charge in [0.25, 0.3) is 5.89 Å². The molecule has 0 bridgehead atoms. The average Bonchev–Trinajstić information content (AvgIpc) is 2.93. The molecule has 1 unspecified atom stereocenters. The second kappa shape index (κ2) is 7.75. The van der Waals surface area contributed by atoms with E-state index in [1.807, 2.05) is 57.3 Å². The first-order valence-electron chi connectivity index (χ1n) is 7.51. The van der Waals surface area contributed by atoms with Crippen molar-refractivity contribution in [3.63, 3.8) is 0 Å². The second-order valence-corrected chi connectivity index (χ2v) is 5.51. The Morgan fingerprint density at radius 1 is 1.18 bits per heavy atom. The number of benzene rings is 1. The van der Waals surface area contributed by atoms with Crippen molar-refractivity contribution in [2.45, 2.75) is 39.3 Å². The Hall–Kier alpha value is -2.14. The summed E-state index contributed by atoms with van der Waals surface area (Å²) in [6.07, 6.45) is 4.68. The van der Waals surface area contributed by atoms with Gasteiger partial charge in [0.1, 0.15) is 5.75 Å². The highest BCUT2D eigenvalue weighted by Crippen LogP contribution is 2.15. The highest BCUT2D eigenvalue weighted by Gasteiger charge is 2.07. The molecular weight excluding hydrogens is 278 g/mol. The molecule has 0 saturated carbocycles. The molecule has 0 radical (unpaired) electrons. The van der Waals surface area contributed by atoms with E-state index in [2.05, 4.69) is 22.4 Å². The van der Waals surface area contributed by atoms with Gasteiger partial charge in [-0.15, -0.1) is 0 Å². The summed E-state index contributed by atoms with van der Waals surface area (Å²) in [7, 11) is 1.91. The molecule has 0 amide bonds. The monoisotopic (exact) mass is 301 g/mol. The molecule has 1 heterocycles. The third kappa shape index (κ3) is 5.00. The van der Waals surface area contributed by atoms with Gasteiger partial charge < -0.3 is 14.6 Å². The first-order chi connectivity index (χ1) is 10.6. The molecule has 1 atom stereocenters. The zero-order valence-electron chi connectivity index (χ0n) is 13.5. The van der Waals surface area contributed by atoms with E-state index in [1.165, 1.54) is 0 Å². The lowest BCUT2D eigenvalue weighted by molar-refractivity contribution is 0.242. The van der Waals surface area contributed by atoms with E-state index in [0.717, 1.165) is 17.7 Å². The minimum Gasteiger partial charge on any atom is -0.491 e. The first-order valence-corrected chi connectivity index (χ1v) is 7.51. The number of nitrogens with one attached hydrogen (secondary N) is 1. The molecule has 1 N–H and O–H groups in total. The van der Waals surface area contributed by atoms with Crippen LogP contribution in [0.15, 0.2) is 28.8 Å². The van der Waals surface area contributed by atoms with Crippen LogP contribution in [-0.2, 0) is 6.42 Å². The number of hydrogen-bond acceptors (Lipinski definition) is 5. The standard InChI is InChI=1S/C17H23N3O2/c1-12(2)21-15-8-5-14(6-9-15)7-10-17-19-16(20-22-17)11-13(3)18-4/h5-10,12-13,18H,11H2,1-4H3/b10-7+. The Morgan fingerprint density at radius 2 is 1.91 bits per heavy atom. The lowest BCUT2D eigenvalue weighted by Gasteiger charge is -2.09. The number of hydrogen-bond donors (Lipinski definition) is 1. The Kier molecular flexibility index (Phi) is 5.72. The Balaban J connectivity index is 1.96. The van der Waals surface area contributed by atoms with E-state index in [1.54, 1.807) is 0 Å². The third-order valence-electron chi connectivity index (χ3n) is 3.14. The van der Waals surface area contributed by atoms with Gasteiger partial charge >= 0.3 is 0 Å². The fourth-order valence-corrected chi connectivity index (χ4v) is 1.89. The number of aromatic nitrogens is 2. The van der Waals surface area contributed by atoms with Crippen molar-refractivity contribution in [3.8, 4) is 5.75 Å². The zero-order valence-corrected chi connectivity index (χ0v) is 13.5. The van der Waals surface area contributed by atoms with Crippen LogP contribution in [0, 0.1) is 0 Å². The van der Waals surface area contributed by atoms with Crippen LogP contribution in [0.2, 0.25) is 0 Å². The van der Waals surface area contributed by atoms with Gasteiger partial charge in [-0.05, 0) is 51.6 Å².